The highest BCUT2D eigenvalue weighted by Gasteiger charge is 2.33. The first-order valence-corrected chi connectivity index (χ1v) is 8.86. The van der Waals surface area contributed by atoms with Crippen LogP contribution in [0.1, 0.15) is 51.0 Å². The molecule has 0 saturated carbocycles. The Kier molecular flexibility index (Phi) is 5.01. The van der Waals surface area contributed by atoms with E-state index in [0.29, 0.717) is 24.5 Å². The van der Waals surface area contributed by atoms with E-state index >= 15 is 0 Å². The molecule has 1 fully saturated rings. The molecule has 1 aliphatic rings. The highest BCUT2D eigenvalue weighted by Crippen LogP contribution is 2.33. The zero-order valence-electron chi connectivity index (χ0n) is 15.5. The molecule has 1 atom stereocenters. The Morgan fingerprint density at radius 1 is 1.15 bits per heavy atom. The van der Waals surface area contributed by atoms with Gasteiger partial charge in [0.2, 0.25) is 17.7 Å². The summed E-state index contributed by atoms with van der Waals surface area (Å²) in [6.45, 7) is 6.86. The standard InChI is InChI=1S/C19H22F3N3O2/c1-18(2,3)17(26)25-10-4-5-13(11-25)16-24-23-15(27-16)12-6-8-14(9-7-12)19(20,21)22/h6-9,13H,4-5,10-11H2,1-3H3. The van der Waals surface area contributed by atoms with Crippen LogP contribution in [0.5, 0.6) is 0 Å². The molecule has 0 radical (unpaired) electrons. The second kappa shape index (κ2) is 6.98. The van der Waals surface area contributed by atoms with Crippen molar-refractivity contribution in [3.8, 4) is 11.5 Å². The third kappa shape index (κ3) is 4.31. The maximum atomic E-state index is 12.7. The van der Waals surface area contributed by atoms with Gasteiger partial charge in [-0.1, -0.05) is 20.8 Å². The van der Waals surface area contributed by atoms with Crippen LogP contribution in [0, 0.1) is 5.41 Å². The first-order valence-electron chi connectivity index (χ1n) is 8.86. The van der Waals surface area contributed by atoms with Gasteiger partial charge in [0, 0.05) is 24.1 Å². The molecular weight excluding hydrogens is 359 g/mol. The fourth-order valence-corrected chi connectivity index (χ4v) is 3.16. The predicted octanol–water partition coefficient (Wildman–Crippen LogP) is 4.51. The lowest BCUT2D eigenvalue weighted by atomic mass is 9.91. The number of carbonyl (C=O) groups excluding carboxylic acids is 1. The van der Waals surface area contributed by atoms with Crippen molar-refractivity contribution >= 4 is 5.91 Å². The highest BCUT2D eigenvalue weighted by atomic mass is 19.4. The first kappa shape index (κ1) is 19.4. The average molecular weight is 381 g/mol. The molecule has 146 valence electrons. The number of hydrogen-bond donors (Lipinski definition) is 0. The number of hydrogen-bond acceptors (Lipinski definition) is 4. The van der Waals surface area contributed by atoms with Crippen LogP contribution in [0.4, 0.5) is 13.2 Å². The number of rotatable bonds is 2. The number of nitrogens with zero attached hydrogens (tertiary/aromatic N) is 3. The zero-order chi connectivity index (χ0) is 19.8. The second-order valence-electron chi connectivity index (χ2n) is 7.86. The Hall–Kier alpha value is -2.38. The van der Waals surface area contributed by atoms with E-state index in [2.05, 4.69) is 10.2 Å². The molecule has 2 aromatic rings. The van der Waals surface area contributed by atoms with E-state index < -0.39 is 17.2 Å². The van der Waals surface area contributed by atoms with Crippen molar-refractivity contribution in [1.82, 2.24) is 15.1 Å². The molecule has 1 aliphatic heterocycles. The zero-order valence-corrected chi connectivity index (χ0v) is 15.5. The molecule has 1 saturated heterocycles. The van der Waals surface area contributed by atoms with Crippen LogP contribution in [-0.4, -0.2) is 34.1 Å². The van der Waals surface area contributed by atoms with Crippen molar-refractivity contribution in [3.05, 3.63) is 35.7 Å². The average Bonchev–Trinajstić information content (AvgIpc) is 3.10. The van der Waals surface area contributed by atoms with Gasteiger partial charge in [0.05, 0.1) is 11.5 Å². The van der Waals surface area contributed by atoms with Crippen molar-refractivity contribution in [2.45, 2.75) is 45.7 Å². The molecule has 2 heterocycles. The minimum Gasteiger partial charge on any atom is -0.420 e. The molecule has 1 amide bonds. The van der Waals surface area contributed by atoms with Crippen molar-refractivity contribution < 1.29 is 22.4 Å². The molecular formula is C19H22F3N3O2. The summed E-state index contributed by atoms with van der Waals surface area (Å²) >= 11 is 0. The number of amides is 1. The van der Waals surface area contributed by atoms with E-state index in [1.54, 1.807) is 0 Å². The second-order valence-corrected chi connectivity index (χ2v) is 7.86. The summed E-state index contributed by atoms with van der Waals surface area (Å²) < 4.78 is 43.7. The van der Waals surface area contributed by atoms with Gasteiger partial charge in [-0.05, 0) is 37.1 Å². The Morgan fingerprint density at radius 2 is 1.81 bits per heavy atom. The number of aromatic nitrogens is 2. The van der Waals surface area contributed by atoms with Gasteiger partial charge in [-0.25, -0.2) is 0 Å². The smallest absolute Gasteiger partial charge is 0.416 e. The van der Waals surface area contributed by atoms with Gasteiger partial charge in [-0.2, -0.15) is 13.2 Å². The number of likely N-dealkylation sites (tertiary alicyclic amines) is 1. The van der Waals surface area contributed by atoms with Gasteiger partial charge in [-0.15, -0.1) is 10.2 Å². The van der Waals surface area contributed by atoms with Crippen molar-refractivity contribution in [2.24, 2.45) is 5.41 Å². The van der Waals surface area contributed by atoms with Gasteiger partial charge >= 0.3 is 6.18 Å². The summed E-state index contributed by atoms with van der Waals surface area (Å²) in [6, 6.07) is 4.61. The Morgan fingerprint density at radius 3 is 2.41 bits per heavy atom. The van der Waals surface area contributed by atoms with Gasteiger partial charge in [0.25, 0.3) is 0 Å². The van der Waals surface area contributed by atoms with E-state index in [1.807, 2.05) is 25.7 Å². The van der Waals surface area contributed by atoms with Gasteiger partial charge in [0.1, 0.15) is 0 Å². The lowest BCUT2D eigenvalue weighted by molar-refractivity contribution is -0.141. The summed E-state index contributed by atoms with van der Waals surface area (Å²) in [5, 5.41) is 8.04. The summed E-state index contributed by atoms with van der Waals surface area (Å²) in [4.78, 5) is 14.3. The van der Waals surface area contributed by atoms with Crippen LogP contribution in [-0.2, 0) is 11.0 Å². The number of benzene rings is 1. The van der Waals surface area contributed by atoms with Gasteiger partial charge in [-0.3, -0.25) is 4.79 Å². The minimum absolute atomic E-state index is 0.0688. The normalized spacial score (nSPS) is 18.6. The summed E-state index contributed by atoms with van der Waals surface area (Å²) in [7, 11) is 0. The maximum Gasteiger partial charge on any atom is 0.416 e. The number of halogens is 3. The summed E-state index contributed by atoms with van der Waals surface area (Å²) in [5.74, 6) is 0.602. The molecule has 0 spiro atoms. The lowest BCUT2D eigenvalue weighted by Gasteiger charge is -2.35. The predicted molar refractivity (Wildman–Crippen MR) is 92.7 cm³/mol. The van der Waals surface area contributed by atoms with Gasteiger partial charge in [0.15, 0.2) is 0 Å². The quantitative estimate of drug-likeness (QED) is 0.768. The Bertz CT molecular complexity index is 807. The van der Waals surface area contributed by atoms with Crippen LogP contribution < -0.4 is 0 Å². The Labute approximate surface area is 155 Å². The molecule has 1 aromatic heterocycles. The number of alkyl halides is 3. The van der Waals surface area contributed by atoms with Crippen molar-refractivity contribution in [1.29, 1.82) is 0 Å². The molecule has 1 unspecified atom stereocenters. The van der Waals surface area contributed by atoms with Crippen LogP contribution in [0.3, 0.4) is 0 Å². The SMILES string of the molecule is CC(C)(C)C(=O)N1CCCC(c2nnc(-c3ccc(C(F)(F)F)cc3)o2)C1. The molecule has 3 rings (SSSR count). The summed E-state index contributed by atoms with van der Waals surface area (Å²) in [5.41, 5.74) is -0.753. The summed E-state index contributed by atoms with van der Waals surface area (Å²) in [6.07, 6.45) is -2.73. The van der Waals surface area contributed by atoms with E-state index in [9.17, 15) is 18.0 Å². The topological polar surface area (TPSA) is 59.2 Å². The van der Waals surface area contributed by atoms with Crippen LogP contribution >= 0.6 is 0 Å². The molecule has 0 bridgehead atoms. The molecule has 0 aliphatic carbocycles. The van der Waals surface area contributed by atoms with E-state index in [-0.39, 0.29) is 17.7 Å². The minimum atomic E-state index is -4.39. The maximum absolute atomic E-state index is 12.7. The molecule has 0 N–H and O–H groups in total. The molecule has 27 heavy (non-hydrogen) atoms. The van der Waals surface area contributed by atoms with Crippen molar-refractivity contribution in [3.63, 3.8) is 0 Å². The molecule has 1 aromatic carbocycles. The Balaban J connectivity index is 1.74. The van der Waals surface area contributed by atoms with Crippen molar-refractivity contribution in [2.75, 3.05) is 13.1 Å². The highest BCUT2D eigenvalue weighted by molar-refractivity contribution is 5.81. The van der Waals surface area contributed by atoms with E-state index in [1.165, 1.54) is 12.1 Å². The first-order chi connectivity index (χ1) is 12.6. The van der Waals surface area contributed by atoms with Crippen LogP contribution in [0.25, 0.3) is 11.5 Å². The van der Waals surface area contributed by atoms with Crippen LogP contribution in [0.15, 0.2) is 28.7 Å². The number of piperidine rings is 1. The van der Waals surface area contributed by atoms with Gasteiger partial charge < -0.3 is 9.32 Å². The fourth-order valence-electron chi connectivity index (χ4n) is 3.16. The molecule has 8 heteroatoms. The largest absolute Gasteiger partial charge is 0.420 e. The molecule has 5 nitrogen and oxygen atoms in total. The third-order valence-corrected chi connectivity index (χ3v) is 4.60. The third-order valence-electron chi connectivity index (χ3n) is 4.60. The lowest BCUT2D eigenvalue weighted by Crippen LogP contribution is -2.44. The van der Waals surface area contributed by atoms with E-state index in [0.717, 1.165) is 25.0 Å². The van der Waals surface area contributed by atoms with E-state index in [4.69, 9.17) is 4.42 Å². The monoisotopic (exact) mass is 381 g/mol. The van der Waals surface area contributed by atoms with Crippen LogP contribution in [0.2, 0.25) is 0 Å². The number of carbonyl (C=O) groups is 1. The fraction of sp³-hybridized carbons (Fsp3) is 0.526.